The van der Waals surface area contributed by atoms with Gasteiger partial charge >= 0.3 is 0 Å². The summed E-state index contributed by atoms with van der Waals surface area (Å²) in [6, 6.07) is 67.9. The average Bonchev–Trinajstić information content (AvgIpc) is 3.14. The van der Waals surface area contributed by atoms with E-state index < -0.39 is 0 Å². The maximum absolute atomic E-state index is 2.40. The van der Waals surface area contributed by atoms with E-state index in [2.05, 4.69) is 182 Å². The second-order valence-electron chi connectivity index (χ2n) is 11.3. The summed E-state index contributed by atoms with van der Waals surface area (Å²) in [5.41, 5.74) is 0. The van der Waals surface area contributed by atoms with Gasteiger partial charge in [-0.1, -0.05) is 198 Å². The molecule has 0 aromatic heterocycles. The lowest BCUT2D eigenvalue weighted by Crippen LogP contribution is -2.19. The third-order valence-electron chi connectivity index (χ3n) is 8.34. The Labute approximate surface area is 281 Å². The zero-order valence-corrected chi connectivity index (χ0v) is 29.9. The molecule has 46 heavy (non-hydrogen) atoms. The molecule has 0 bridgehead atoms. The van der Waals surface area contributed by atoms with E-state index in [0.29, 0.717) is 0 Å². The van der Waals surface area contributed by atoms with Crippen LogP contribution in [0.3, 0.4) is 0 Å². The Morgan fingerprint density at radius 2 is 0.413 bits per heavy atom. The molecule has 0 saturated heterocycles. The van der Waals surface area contributed by atoms with E-state index in [1.807, 2.05) is 0 Å². The number of benzene rings is 6. The van der Waals surface area contributed by atoms with Crippen molar-refractivity contribution >= 4 is 63.5 Å². The molecule has 0 fully saturated rings. The summed E-state index contributed by atoms with van der Waals surface area (Å²) in [6.45, 7) is 0. The molecule has 0 saturated carbocycles. The Bertz CT molecular complexity index is 1470. The standard InChI is InChI=1S/C42H42P4/c1-7-19-37(20-8-1)43(33-35-45(39-23-11-3-12-24-39)40-25-13-4-14-26-40)31-32-44(38-21-9-2-10-22-38)34-36-46(41-27-15-5-16-28-41)42-29-17-6-18-30-42/h1-30H,31-36H2/t43-,44-/m1/s1. The first kappa shape index (κ1) is 33.0. The highest BCUT2D eigenvalue weighted by Crippen LogP contribution is 2.47. The van der Waals surface area contributed by atoms with Crippen molar-refractivity contribution in [3.8, 4) is 0 Å². The van der Waals surface area contributed by atoms with Crippen LogP contribution in [-0.2, 0) is 0 Å². The molecule has 0 heterocycles. The van der Waals surface area contributed by atoms with Gasteiger partial charge in [0.15, 0.2) is 0 Å². The first-order chi connectivity index (χ1) is 22.8. The first-order valence-electron chi connectivity index (χ1n) is 16.2. The Kier molecular flexibility index (Phi) is 12.8. The average molecular weight is 671 g/mol. The van der Waals surface area contributed by atoms with E-state index in [1.54, 1.807) is 10.6 Å². The van der Waals surface area contributed by atoms with E-state index >= 15 is 0 Å². The minimum absolute atomic E-state index is 0.268. The van der Waals surface area contributed by atoms with Gasteiger partial charge in [-0.3, -0.25) is 0 Å². The van der Waals surface area contributed by atoms with E-state index in [1.165, 1.54) is 58.2 Å². The summed E-state index contributed by atoms with van der Waals surface area (Å²) in [5.74, 6) is 0. The smallest absolute Gasteiger partial charge is 0.0195 e. The molecule has 0 aliphatic carbocycles. The van der Waals surface area contributed by atoms with Crippen LogP contribution in [0.5, 0.6) is 0 Å². The second-order valence-corrected chi connectivity index (χ2v) is 20.9. The number of hydrogen-bond acceptors (Lipinski definition) is 0. The van der Waals surface area contributed by atoms with E-state index in [9.17, 15) is 0 Å². The minimum atomic E-state index is -0.386. The molecule has 0 nitrogen and oxygen atoms in total. The van der Waals surface area contributed by atoms with E-state index in [-0.39, 0.29) is 31.7 Å². The van der Waals surface area contributed by atoms with Crippen LogP contribution in [-0.4, -0.2) is 37.0 Å². The maximum atomic E-state index is 2.40. The highest BCUT2D eigenvalue weighted by atomic mass is 31.1. The highest BCUT2D eigenvalue weighted by Gasteiger charge is 2.22. The molecule has 2 atom stereocenters. The summed E-state index contributed by atoms with van der Waals surface area (Å²) < 4.78 is 0. The van der Waals surface area contributed by atoms with Crippen LogP contribution in [0.15, 0.2) is 182 Å². The molecule has 0 spiro atoms. The SMILES string of the molecule is c1ccc(P(CC[P@@](CC[P@](CCP(c2ccccc2)c2ccccc2)c2ccccc2)c2ccccc2)c2ccccc2)cc1. The largest absolute Gasteiger partial charge is 0.0746 e. The molecule has 0 aliphatic rings. The Balaban J connectivity index is 1.22. The van der Waals surface area contributed by atoms with Crippen LogP contribution < -0.4 is 31.8 Å². The third-order valence-corrected chi connectivity index (χ3v) is 19.5. The molecular formula is C42H42P4. The lowest BCUT2D eigenvalue weighted by Gasteiger charge is -2.27. The van der Waals surface area contributed by atoms with Crippen molar-refractivity contribution < 1.29 is 0 Å². The van der Waals surface area contributed by atoms with Gasteiger partial charge in [0.25, 0.3) is 0 Å². The van der Waals surface area contributed by atoms with Gasteiger partial charge in [-0.15, -0.1) is 0 Å². The summed E-state index contributed by atoms with van der Waals surface area (Å²) >= 11 is 0. The second kappa shape index (κ2) is 17.8. The fourth-order valence-electron chi connectivity index (χ4n) is 5.95. The molecule has 0 N–H and O–H groups in total. The summed E-state index contributed by atoms with van der Waals surface area (Å²) in [4.78, 5) is 0. The highest BCUT2D eigenvalue weighted by molar-refractivity contribution is 7.75. The molecule has 230 valence electrons. The van der Waals surface area contributed by atoms with Crippen molar-refractivity contribution in [1.82, 2.24) is 0 Å². The monoisotopic (exact) mass is 670 g/mol. The minimum Gasteiger partial charge on any atom is -0.0746 e. The molecule has 0 amide bonds. The summed E-state index contributed by atoms with van der Waals surface area (Å²) in [5, 5.41) is 9.10. The first-order valence-corrected chi connectivity index (χ1v) is 22.7. The third kappa shape index (κ3) is 9.32. The van der Waals surface area contributed by atoms with Gasteiger partial charge in [-0.2, -0.15) is 0 Å². The lowest BCUT2D eigenvalue weighted by molar-refractivity contribution is 1.40. The van der Waals surface area contributed by atoms with Crippen LogP contribution in [0.2, 0.25) is 0 Å². The molecule has 0 unspecified atom stereocenters. The van der Waals surface area contributed by atoms with Crippen LogP contribution in [0, 0.1) is 0 Å². The van der Waals surface area contributed by atoms with Crippen molar-refractivity contribution in [1.29, 1.82) is 0 Å². The zero-order valence-electron chi connectivity index (χ0n) is 26.4. The Hall–Kier alpha value is -2.96. The lowest BCUT2D eigenvalue weighted by atomic mass is 10.4. The van der Waals surface area contributed by atoms with Crippen molar-refractivity contribution in [2.24, 2.45) is 0 Å². The van der Waals surface area contributed by atoms with E-state index in [4.69, 9.17) is 0 Å². The van der Waals surface area contributed by atoms with Crippen LogP contribution in [0.1, 0.15) is 0 Å². The normalized spacial score (nSPS) is 12.7. The number of rotatable bonds is 15. The molecular weight excluding hydrogens is 628 g/mol. The predicted molar refractivity (Wildman–Crippen MR) is 213 cm³/mol. The topological polar surface area (TPSA) is 0 Å². The predicted octanol–water partition coefficient (Wildman–Crippen LogP) is 8.87. The fraction of sp³-hybridized carbons (Fsp3) is 0.143. The van der Waals surface area contributed by atoms with Gasteiger partial charge < -0.3 is 0 Å². The Morgan fingerprint density at radius 1 is 0.217 bits per heavy atom. The van der Waals surface area contributed by atoms with Gasteiger partial charge in [0.1, 0.15) is 0 Å². The molecule has 6 rings (SSSR count). The van der Waals surface area contributed by atoms with Crippen molar-refractivity contribution in [3.63, 3.8) is 0 Å². The Morgan fingerprint density at radius 3 is 0.652 bits per heavy atom. The van der Waals surface area contributed by atoms with Gasteiger partial charge in [-0.25, -0.2) is 0 Å². The fourth-order valence-corrected chi connectivity index (χ4v) is 17.8. The van der Waals surface area contributed by atoms with Gasteiger partial charge in [-0.05, 0) is 84.6 Å². The number of hydrogen-bond donors (Lipinski definition) is 0. The van der Waals surface area contributed by atoms with E-state index in [0.717, 1.165) is 0 Å². The molecule has 4 heteroatoms. The van der Waals surface area contributed by atoms with Crippen molar-refractivity contribution in [2.75, 3.05) is 37.0 Å². The molecule has 6 aromatic carbocycles. The molecule has 0 aliphatic heterocycles. The van der Waals surface area contributed by atoms with Crippen LogP contribution in [0.4, 0.5) is 0 Å². The van der Waals surface area contributed by atoms with Gasteiger partial charge in [0.2, 0.25) is 0 Å². The van der Waals surface area contributed by atoms with Crippen molar-refractivity contribution in [2.45, 2.75) is 0 Å². The maximum Gasteiger partial charge on any atom is -0.0195 e. The zero-order chi connectivity index (χ0) is 31.2. The molecule has 0 radical (unpaired) electrons. The van der Waals surface area contributed by atoms with Gasteiger partial charge in [0, 0.05) is 0 Å². The summed E-state index contributed by atoms with van der Waals surface area (Å²) in [7, 11) is -1.31. The van der Waals surface area contributed by atoms with Crippen LogP contribution >= 0.6 is 31.7 Å². The van der Waals surface area contributed by atoms with Gasteiger partial charge in [0.05, 0.1) is 0 Å². The molecule has 6 aromatic rings. The van der Waals surface area contributed by atoms with Crippen LogP contribution in [0.25, 0.3) is 0 Å². The quantitative estimate of drug-likeness (QED) is 0.0959. The summed E-state index contributed by atoms with van der Waals surface area (Å²) in [6.07, 6.45) is 7.60. The van der Waals surface area contributed by atoms with Crippen molar-refractivity contribution in [3.05, 3.63) is 182 Å².